The zero-order valence-corrected chi connectivity index (χ0v) is 10.7. The van der Waals surface area contributed by atoms with Crippen molar-refractivity contribution >= 4 is 6.21 Å². The molecule has 0 saturated carbocycles. The number of aromatic hydroxyl groups is 1. The van der Waals surface area contributed by atoms with Crippen molar-refractivity contribution in [3.05, 3.63) is 29.1 Å². The molecule has 18 heavy (non-hydrogen) atoms. The van der Waals surface area contributed by atoms with Gasteiger partial charge in [0.2, 0.25) is 0 Å². The molecule has 0 bridgehead atoms. The third kappa shape index (κ3) is 2.98. The maximum absolute atomic E-state index is 13.3. The number of phenols is 1. The molecule has 1 saturated heterocycles. The normalized spacial score (nSPS) is 17.6. The van der Waals surface area contributed by atoms with Crippen molar-refractivity contribution in [3.63, 3.8) is 0 Å². The van der Waals surface area contributed by atoms with E-state index in [1.165, 1.54) is 12.3 Å². The van der Waals surface area contributed by atoms with E-state index in [9.17, 15) is 9.50 Å². The highest BCUT2D eigenvalue weighted by molar-refractivity contribution is 5.83. The summed E-state index contributed by atoms with van der Waals surface area (Å²) in [5, 5.41) is 15.8. The van der Waals surface area contributed by atoms with Gasteiger partial charge in [0.15, 0.2) is 11.6 Å². The minimum Gasteiger partial charge on any atom is -0.504 e. The lowest BCUT2D eigenvalue weighted by atomic mass is 10.1. The van der Waals surface area contributed by atoms with E-state index in [4.69, 9.17) is 0 Å². The van der Waals surface area contributed by atoms with Gasteiger partial charge in [0, 0.05) is 31.7 Å². The van der Waals surface area contributed by atoms with Crippen LogP contribution >= 0.6 is 0 Å². The van der Waals surface area contributed by atoms with E-state index >= 15 is 0 Å². The second-order valence-electron chi connectivity index (χ2n) is 4.69. The van der Waals surface area contributed by atoms with Crippen molar-refractivity contribution in [1.29, 1.82) is 0 Å². The first-order chi connectivity index (χ1) is 8.56. The van der Waals surface area contributed by atoms with Gasteiger partial charge < -0.3 is 10.0 Å². The van der Waals surface area contributed by atoms with E-state index < -0.39 is 5.82 Å². The van der Waals surface area contributed by atoms with Crippen molar-refractivity contribution in [2.75, 3.05) is 33.2 Å². The Morgan fingerprint density at radius 3 is 2.61 bits per heavy atom. The van der Waals surface area contributed by atoms with Crippen molar-refractivity contribution in [2.45, 2.75) is 6.92 Å². The van der Waals surface area contributed by atoms with Gasteiger partial charge in [0.1, 0.15) is 0 Å². The number of likely N-dealkylation sites (N-methyl/N-ethyl adjacent to an activating group) is 1. The second kappa shape index (κ2) is 5.35. The van der Waals surface area contributed by atoms with Crippen molar-refractivity contribution in [2.24, 2.45) is 5.10 Å². The number of aryl methyl sites for hydroxylation is 1. The Morgan fingerprint density at radius 2 is 1.94 bits per heavy atom. The molecule has 98 valence electrons. The molecule has 0 atom stereocenters. The topological polar surface area (TPSA) is 39.1 Å². The van der Waals surface area contributed by atoms with Gasteiger partial charge in [-0.05, 0) is 31.7 Å². The zero-order chi connectivity index (χ0) is 13.1. The zero-order valence-electron chi connectivity index (χ0n) is 10.7. The minimum absolute atomic E-state index is 0.335. The average molecular weight is 251 g/mol. The number of hydrogen-bond donors (Lipinski definition) is 1. The third-order valence-electron chi connectivity index (χ3n) is 3.08. The molecule has 1 aliphatic heterocycles. The second-order valence-corrected chi connectivity index (χ2v) is 4.69. The molecule has 0 radical (unpaired) electrons. The predicted molar refractivity (Wildman–Crippen MR) is 69.5 cm³/mol. The molecule has 0 aromatic heterocycles. The van der Waals surface area contributed by atoms with Crippen LogP contribution in [-0.4, -0.2) is 54.5 Å². The predicted octanol–water partition coefficient (Wildman–Crippen LogP) is 1.42. The molecule has 1 N–H and O–H groups in total. The first kappa shape index (κ1) is 12.8. The number of nitrogens with zero attached hydrogens (tertiary/aromatic N) is 3. The van der Waals surface area contributed by atoms with E-state index in [1.54, 1.807) is 13.0 Å². The average Bonchev–Trinajstić information content (AvgIpc) is 2.34. The summed E-state index contributed by atoms with van der Waals surface area (Å²) in [4.78, 5) is 2.23. The fourth-order valence-corrected chi connectivity index (χ4v) is 1.92. The highest BCUT2D eigenvalue weighted by Gasteiger charge is 2.12. The molecule has 4 nitrogen and oxygen atoms in total. The Kier molecular flexibility index (Phi) is 3.81. The first-order valence-electron chi connectivity index (χ1n) is 6.03. The van der Waals surface area contributed by atoms with Gasteiger partial charge in [0.05, 0.1) is 6.21 Å². The van der Waals surface area contributed by atoms with Crippen LogP contribution in [0.3, 0.4) is 0 Å². The lowest BCUT2D eigenvalue weighted by Gasteiger charge is -2.30. The van der Waals surface area contributed by atoms with E-state index in [0.717, 1.165) is 31.7 Å². The molecule has 1 aliphatic rings. The molecule has 2 rings (SSSR count). The summed E-state index contributed by atoms with van der Waals surface area (Å²) in [7, 11) is 2.07. The van der Waals surface area contributed by atoms with Crippen LogP contribution in [0.1, 0.15) is 11.1 Å². The van der Waals surface area contributed by atoms with Crippen LogP contribution in [0.2, 0.25) is 0 Å². The summed E-state index contributed by atoms with van der Waals surface area (Å²) in [6.45, 7) is 5.41. The van der Waals surface area contributed by atoms with Gasteiger partial charge >= 0.3 is 0 Å². The van der Waals surface area contributed by atoms with E-state index in [2.05, 4.69) is 17.0 Å². The Morgan fingerprint density at radius 1 is 1.28 bits per heavy atom. The van der Waals surface area contributed by atoms with Gasteiger partial charge in [-0.15, -0.1) is 0 Å². The Hall–Kier alpha value is -1.62. The molecule has 1 aromatic carbocycles. The number of hydrogen-bond acceptors (Lipinski definition) is 4. The molecule has 1 heterocycles. The maximum atomic E-state index is 13.3. The molecule has 0 unspecified atom stereocenters. The van der Waals surface area contributed by atoms with Gasteiger partial charge in [-0.2, -0.15) is 5.10 Å². The summed E-state index contributed by atoms with van der Waals surface area (Å²) >= 11 is 0. The highest BCUT2D eigenvalue weighted by Crippen LogP contribution is 2.21. The third-order valence-corrected chi connectivity index (χ3v) is 3.08. The molecule has 1 fully saturated rings. The van der Waals surface area contributed by atoms with Crippen LogP contribution < -0.4 is 0 Å². The van der Waals surface area contributed by atoms with Crippen molar-refractivity contribution < 1.29 is 9.50 Å². The van der Waals surface area contributed by atoms with Crippen LogP contribution in [0.15, 0.2) is 17.2 Å². The number of rotatable bonds is 2. The van der Waals surface area contributed by atoms with Crippen LogP contribution in [0.25, 0.3) is 0 Å². The number of hydrazone groups is 1. The van der Waals surface area contributed by atoms with Crippen molar-refractivity contribution in [1.82, 2.24) is 9.91 Å². The molecule has 5 heteroatoms. The number of piperazine rings is 1. The molecular weight excluding hydrogens is 233 g/mol. The summed E-state index contributed by atoms with van der Waals surface area (Å²) in [5.74, 6) is -0.937. The van der Waals surface area contributed by atoms with Gasteiger partial charge in [-0.1, -0.05) is 0 Å². The number of phenolic OH excluding ortho intramolecular Hbond substituents is 1. The molecule has 0 amide bonds. The fraction of sp³-hybridized carbons (Fsp3) is 0.462. The van der Waals surface area contributed by atoms with Gasteiger partial charge in [-0.25, -0.2) is 4.39 Å². The van der Waals surface area contributed by atoms with E-state index in [-0.39, 0.29) is 5.75 Å². The van der Waals surface area contributed by atoms with Gasteiger partial charge in [-0.3, -0.25) is 5.01 Å². The summed E-state index contributed by atoms with van der Waals surface area (Å²) in [6.07, 6.45) is 1.52. The Labute approximate surface area is 106 Å². The SMILES string of the molecule is Cc1cc(F)c(O)c(/C=N/N2CCN(C)CC2)c1. The maximum Gasteiger partial charge on any atom is 0.165 e. The molecule has 0 aliphatic carbocycles. The highest BCUT2D eigenvalue weighted by atomic mass is 19.1. The van der Waals surface area contributed by atoms with Crippen LogP contribution in [-0.2, 0) is 0 Å². The number of benzene rings is 1. The molecule has 1 aromatic rings. The number of halogens is 1. The minimum atomic E-state index is -0.602. The smallest absolute Gasteiger partial charge is 0.165 e. The quantitative estimate of drug-likeness (QED) is 0.808. The Balaban J connectivity index is 2.09. The Bertz CT molecular complexity index is 454. The standard InChI is InChI=1S/C13H18FN3O/c1-10-7-11(13(18)12(14)8-10)9-15-17-5-3-16(2)4-6-17/h7-9,18H,3-6H2,1-2H3/b15-9+. The van der Waals surface area contributed by atoms with Crippen LogP contribution in [0, 0.1) is 12.7 Å². The fourth-order valence-electron chi connectivity index (χ4n) is 1.92. The van der Waals surface area contributed by atoms with E-state index in [1.807, 2.05) is 5.01 Å². The van der Waals surface area contributed by atoms with Crippen molar-refractivity contribution in [3.8, 4) is 5.75 Å². The van der Waals surface area contributed by atoms with E-state index in [0.29, 0.717) is 5.56 Å². The lowest BCUT2D eigenvalue weighted by Crippen LogP contribution is -2.41. The molecular formula is C13H18FN3O. The van der Waals surface area contributed by atoms with Crippen LogP contribution in [0.5, 0.6) is 5.75 Å². The molecule has 0 spiro atoms. The summed E-state index contributed by atoms with van der Waals surface area (Å²) < 4.78 is 13.3. The van der Waals surface area contributed by atoms with Gasteiger partial charge in [0.25, 0.3) is 0 Å². The largest absolute Gasteiger partial charge is 0.504 e. The van der Waals surface area contributed by atoms with Crippen LogP contribution in [0.4, 0.5) is 4.39 Å². The monoisotopic (exact) mass is 251 g/mol. The summed E-state index contributed by atoms with van der Waals surface area (Å²) in [5.41, 5.74) is 1.19. The first-order valence-corrected chi connectivity index (χ1v) is 6.03. The lowest BCUT2D eigenvalue weighted by molar-refractivity contribution is 0.159. The summed E-state index contributed by atoms with van der Waals surface area (Å²) in [6, 6.07) is 3.03.